The molecule has 0 aliphatic heterocycles. The number of aromatic nitrogens is 1. The Balaban J connectivity index is 2.13. The lowest BCUT2D eigenvalue weighted by molar-refractivity contribution is -0.384. The summed E-state index contributed by atoms with van der Waals surface area (Å²) in [5, 5.41) is 12.8. The fraction of sp³-hybridized carbons (Fsp3) is 0. The van der Waals surface area contributed by atoms with Crippen LogP contribution in [0.5, 0.6) is 0 Å². The number of hydrogen-bond acceptors (Lipinski definition) is 5. The topological polar surface area (TPSA) is 82.0 Å². The summed E-state index contributed by atoms with van der Waals surface area (Å²) in [6.07, 6.45) is 3.65. The molecular formula is C11H9N3O2S. The molecule has 6 heteroatoms. The third-order valence-electron chi connectivity index (χ3n) is 2.09. The number of nitro groups is 1. The summed E-state index contributed by atoms with van der Waals surface area (Å²) in [5.74, 6) is 0. The smallest absolute Gasteiger partial charge is 0.269 e. The highest BCUT2D eigenvalue weighted by Crippen LogP contribution is 2.16. The van der Waals surface area contributed by atoms with Crippen molar-refractivity contribution in [3.05, 3.63) is 51.0 Å². The van der Waals surface area contributed by atoms with Gasteiger partial charge in [0.2, 0.25) is 0 Å². The molecule has 2 aromatic rings. The van der Waals surface area contributed by atoms with E-state index in [1.165, 1.54) is 23.5 Å². The highest BCUT2D eigenvalue weighted by molar-refractivity contribution is 7.13. The maximum atomic E-state index is 10.5. The van der Waals surface area contributed by atoms with Gasteiger partial charge in [-0.2, -0.15) is 0 Å². The van der Waals surface area contributed by atoms with Gasteiger partial charge in [-0.15, -0.1) is 11.3 Å². The molecule has 1 aromatic heterocycles. The number of nitrogens with two attached hydrogens (primary N) is 1. The van der Waals surface area contributed by atoms with Crippen LogP contribution >= 0.6 is 11.3 Å². The van der Waals surface area contributed by atoms with E-state index in [2.05, 4.69) is 4.98 Å². The molecule has 5 nitrogen and oxygen atoms in total. The molecule has 0 amide bonds. The quantitative estimate of drug-likeness (QED) is 0.667. The molecule has 0 fully saturated rings. The van der Waals surface area contributed by atoms with E-state index in [4.69, 9.17) is 5.73 Å². The van der Waals surface area contributed by atoms with Crippen LogP contribution in [0.1, 0.15) is 11.3 Å². The number of nitrogen functional groups attached to an aromatic ring is 1. The van der Waals surface area contributed by atoms with Gasteiger partial charge in [0.05, 0.1) is 10.6 Å². The molecule has 0 bridgehead atoms. The first-order chi connectivity index (χ1) is 8.15. The largest absolute Gasteiger partial charge is 0.375 e. The average Bonchev–Trinajstić information content (AvgIpc) is 2.73. The zero-order chi connectivity index (χ0) is 12.3. The van der Waals surface area contributed by atoms with E-state index in [1.807, 2.05) is 17.5 Å². The summed E-state index contributed by atoms with van der Waals surface area (Å²) in [5.41, 5.74) is 7.24. The number of benzene rings is 1. The highest BCUT2D eigenvalue weighted by atomic mass is 32.1. The van der Waals surface area contributed by atoms with Gasteiger partial charge >= 0.3 is 0 Å². The molecule has 17 heavy (non-hydrogen) atoms. The van der Waals surface area contributed by atoms with Gasteiger partial charge in [-0.05, 0) is 23.8 Å². The minimum atomic E-state index is -0.422. The van der Waals surface area contributed by atoms with Crippen molar-refractivity contribution in [2.45, 2.75) is 0 Å². The van der Waals surface area contributed by atoms with Gasteiger partial charge in [-0.1, -0.05) is 6.08 Å². The number of thiazole rings is 1. The lowest BCUT2D eigenvalue weighted by atomic mass is 10.2. The predicted molar refractivity (Wildman–Crippen MR) is 68.6 cm³/mol. The summed E-state index contributed by atoms with van der Waals surface area (Å²) >= 11 is 1.37. The van der Waals surface area contributed by atoms with Gasteiger partial charge < -0.3 is 5.73 Å². The third kappa shape index (κ3) is 2.88. The van der Waals surface area contributed by atoms with Crippen molar-refractivity contribution in [1.29, 1.82) is 0 Å². The average molecular weight is 247 g/mol. The Labute approximate surface area is 101 Å². The maximum absolute atomic E-state index is 10.5. The monoisotopic (exact) mass is 247 g/mol. The zero-order valence-electron chi connectivity index (χ0n) is 8.74. The Bertz CT molecular complexity index is 560. The SMILES string of the molecule is Nc1nc(/C=C/c2ccc([N+](=O)[O-])cc2)cs1. The molecule has 0 spiro atoms. The van der Waals surface area contributed by atoms with Crippen LogP contribution in [-0.4, -0.2) is 9.91 Å². The Kier molecular flexibility index (Phi) is 3.15. The molecule has 2 rings (SSSR count). The summed E-state index contributed by atoms with van der Waals surface area (Å²) < 4.78 is 0. The second-order valence-electron chi connectivity index (χ2n) is 3.29. The van der Waals surface area contributed by atoms with Crippen molar-refractivity contribution in [2.75, 3.05) is 5.73 Å². The van der Waals surface area contributed by atoms with Gasteiger partial charge in [0.1, 0.15) is 0 Å². The van der Waals surface area contributed by atoms with Crippen LogP contribution in [0.3, 0.4) is 0 Å². The Morgan fingerprint density at radius 3 is 2.53 bits per heavy atom. The molecule has 86 valence electrons. The first-order valence-corrected chi connectivity index (χ1v) is 5.66. The summed E-state index contributed by atoms with van der Waals surface area (Å²) in [6, 6.07) is 6.30. The molecule has 0 radical (unpaired) electrons. The zero-order valence-corrected chi connectivity index (χ0v) is 9.55. The number of non-ortho nitro benzene ring substituents is 1. The first kappa shape index (κ1) is 11.3. The van der Waals surface area contributed by atoms with E-state index in [0.29, 0.717) is 5.13 Å². The normalized spacial score (nSPS) is 10.8. The molecule has 2 N–H and O–H groups in total. The van der Waals surface area contributed by atoms with E-state index in [1.54, 1.807) is 12.1 Å². The molecular weight excluding hydrogens is 238 g/mol. The van der Waals surface area contributed by atoms with Gasteiger partial charge in [0.15, 0.2) is 5.13 Å². The number of anilines is 1. The predicted octanol–water partition coefficient (Wildman–Crippen LogP) is 2.80. The van der Waals surface area contributed by atoms with Gasteiger partial charge in [0.25, 0.3) is 5.69 Å². The van der Waals surface area contributed by atoms with Crippen molar-refractivity contribution in [1.82, 2.24) is 4.98 Å². The van der Waals surface area contributed by atoms with Gasteiger partial charge in [-0.3, -0.25) is 10.1 Å². The second-order valence-corrected chi connectivity index (χ2v) is 4.18. The van der Waals surface area contributed by atoms with Crippen molar-refractivity contribution in [3.8, 4) is 0 Å². The summed E-state index contributed by atoms with van der Waals surface area (Å²) in [7, 11) is 0. The molecule has 0 aliphatic carbocycles. The van der Waals surface area contributed by atoms with E-state index >= 15 is 0 Å². The number of nitro benzene ring substituents is 1. The van der Waals surface area contributed by atoms with Crippen LogP contribution in [0.4, 0.5) is 10.8 Å². The lowest BCUT2D eigenvalue weighted by Crippen LogP contribution is -1.86. The Hall–Kier alpha value is -2.21. The minimum Gasteiger partial charge on any atom is -0.375 e. The van der Waals surface area contributed by atoms with Crippen molar-refractivity contribution >= 4 is 34.3 Å². The van der Waals surface area contributed by atoms with E-state index in [9.17, 15) is 10.1 Å². The molecule has 0 aliphatic rings. The van der Waals surface area contributed by atoms with Crippen molar-refractivity contribution in [2.24, 2.45) is 0 Å². The molecule has 0 saturated heterocycles. The van der Waals surface area contributed by atoms with E-state index in [-0.39, 0.29) is 5.69 Å². The van der Waals surface area contributed by atoms with E-state index < -0.39 is 4.92 Å². The van der Waals surface area contributed by atoms with Crippen molar-refractivity contribution < 1.29 is 4.92 Å². The van der Waals surface area contributed by atoms with Crippen LogP contribution < -0.4 is 5.73 Å². The molecule has 0 unspecified atom stereocenters. The Morgan fingerprint density at radius 2 is 2.00 bits per heavy atom. The van der Waals surface area contributed by atoms with Gasteiger partial charge in [0, 0.05) is 17.5 Å². The van der Waals surface area contributed by atoms with Crippen molar-refractivity contribution in [3.63, 3.8) is 0 Å². The molecule has 0 saturated carbocycles. The fourth-order valence-electron chi connectivity index (χ4n) is 1.27. The maximum Gasteiger partial charge on any atom is 0.269 e. The lowest BCUT2D eigenvalue weighted by Gasteiger charge is -1.92. The third-order valence-corrected chi connectivity index (χ3v) is 2.78. The number of nitrogens with zero attached hydrogens (tertiary/aromatic N) is 2. The number of hydrogen-bond donors (Lipinski definition) is 1. The Morgan fingerprint density at radius 1 is 1.29 bits per heavy atom. The number of rotatable bonds is 3. The van der Waals surface area contributed by atoms with Crippen LogP contribution in [-0.2, 0) is 0 Å². The first-order valence-electron chi connectivity index (χ1n) is 4.79. The molecule has 1 heterocycles. The second kappa shape index (κ2) is 4.75. The van der Waals surface area contributed by atoms with Crippen LogP contribution in [0.2, 0.25) is 0 Å². The van der Waals surface area contributed by atoms with Crippen LogP contribution in [0.15, 0.2) is 29.6 Å². The standard InChI is InChI=1S/C11H9N3O2S/c12-11-13-9(7-17-11)4-1-8-2-5-10(6-3-8)14(15)16/h1-7H,(H2,12,13)/b4-1+. The molecule has 1 aromatic carbocycles. The van der Waals surface area contributed by atoms with E-state index in [0.717, 1.165) is 11.3 Å². The van der Waals surface area contributed by atoms with Gasteiger partial charge in [-0.25, -0.2) is 4.98 Å². The van der Waals surface area contributed by atoms with Crippen LogP contribution in [0.25, 0.3) is 12.2 Å². The summed E-state index contributed by atoms with van der Waals surface area (Å²) in [6.45, 7) is 0. The highest BCUT2D eigenvalue weighted by Gasteiger charge is 2.02. The van der Waals surface area contributed by atoms with Crippen LogP contribution in [0, 0.1) is 10.1 Å². The minimum absolute atomic E-state index is 0.0834. The molecule has 0 atom stereocenters. The fourth-order valence-corrected chi connectivity index (χ4v) is 1.80. The summed E-state index contributed by atoms with van der Waals surface area (Å²) in [4.78, 5) is 14.1.